The van der Waals surface area contributed by atoms with Gasteiger partial charge in [-0.2, -0.15) is 5.26 Å². The standard InChI is InChI=1S/C27H31ClN6O5/c1-3-5-23(16-7-9-21(26(36)37)22(30)12-16)32-27(38)34-15-24(33-39-4-2)31-14-19(25(34)35)10-18-11-20(28)8-6-17(18)13-29/h6-9,11-12,19,23H,3-5,10,14-15,30H2,1-2H3,(H,31,33)(H,32,38)(H,36,37)/t19-,23?/m1/s1. The van der Waals surface area contributed by atoms with Crippen molar-refractivity contribution in [3.8, 4) is 6.07 Å². The van der Waals surface area contributed by atoms with Crippen molar-refractivity contribution in [2.45, 2.75) is 39.2 Å². The van der Waals surface area contributed by atoms with E-state index in [0.29, 0.717) is 47.0 Å². The van der Waals surface area contributed by atoms with Crippen LogP contribution < -0.4 is 16.5 Å². The summed E-state index contributed by atoms with van der Waals surface area (Å²) in [5.74, 6) is -2.05. The van der Waals surface area contributed by atoms with Crippen molar-refractivity contribution in [1.82, 2.24) is 15.7 Å². The number of benzene rings is 2. The van der Waals surface area contributed by atoms with Gasteiger partial charge in [-0.15, -0.1) is 0 Å². The van der Waals surface area contributed by atoms with Crippen molar-refractivity contribution in [2.24, 2.45) is 10.9 Å². The summed E-state index contributed by atoms with van der Waals surface area (Å²) in [6.07, 6.45) is 1.38. The smallest absolute Gasteiger partial charge is 0.337 e. The lowest BCUT2D eigenvalue weighted by Gasteiger charge is -2.27. The third-order valence-electron chi connectivity index (χ3n) is 6.24. The molecule has 39 heavy (non-hydrogen) atoms. The van der Waals surface area contributed by atoms with E-state index in [2.05, 4.69) is 21.9 Å². The van der Waals surface area contributed by atoms with Gasteiger partial charge in [0.2, 0.25) is 5.91 Å². The molecule has 3 rings (SSSR count). The van der Waals surface area contributed by atoms with Crippen LogP contribution in [0.5, 0.6) is 0 Å². The van der Waals surface area contributed by atoms with Crippen LogP contribution in [-0.4, -0.2) is 53.4 Å². The minimum atomic E-state index is -1.15. The molecule has 2 aromatic rings. The van der Waals surface area contributed by atoms with E-state index in [9.17, 15) is 24.8 Å². The number of halogens is 1. The highest BCUT2D eigenvalue weighted by Gasteiger charge is 2.34. The highest BCUT2D eigenvalue weighted by Crippen LogP contribution is 2.25. The Labute approximate surface area is 231 Å². The van der Waals surface area contributed by atoms with Crippen LogP contribution >= 0.6 is 11.6 Å². The number of imide groups is 1. The predicted octanol–water partition coefficient (Wildman–Crippen LogP) is 3.68. The number of carboxylic acid groups (broad SMARTS) is 1. The Morgan fingerprint density at radius 2 is 2.08 bits per heavy atom. The van der Waals surface area contributed by atoms with Gasteiger partial charge in [0.15, 0.2) is 0 Å². The third-order valence-corrected chi connectivity index (χ3v) is 6.48. The van der Waals surface area contributed by atoms with E-state index >= 15 is 0 Å². The van der Waals surface area contributed by atoms with Crippen molar-refractivity contribution in [2.75, 3.05) is 25.4 Å². The second kappa shape index (κ2) is 13.6. The maximum absolute atomic E-state index is 13.7. The van der Waals surface area contributed by atoms with Crippen LogP contribution in [0.1, 0.15) is 59.8 Å². The molecule has 1 aliphatic heterocycles. The number of aliphatic imine (C=N–C) groups is 1. The number of nitrogens with zero attached hydrogens (tertiary/aromatic N) is 3. The number of anilines is 1. The number of amidine groups is 1. The molecule has 0 fully saturated rings. The van der Waals surface area contributed by atoms with E-state index in [0.717, 1.165) is 4.90 Å². The van der Waals surface area contributed by atoms with Crippen LogP contribution in [0, 0.1) is 17.2 Å². The number of nitrogen functional groups attached to an aromatic ring is 1. The van der Waals surface area contributed by atoms with Gasteiger partial charge >= 0.3 is 12.0 Å². The van der Waals surface area contributed by atoms with Gasteiger partial charge in [0.1, 0.15) is 5.84 Å². The number of hydroxylamine groups is 1. The largest absolute Gasteiger partial charge is 0.478 e. The van der Waals surface area contributed by atoms with E-state index in [-0.39, 0.29) is 30.8 Å². The molecular formula is C27H31ClN6O5. The number of nitrogens with one attached hydrogen (secondary N) is 2. The lowest BCUT2D eigenvalue weighted by atomic mass is 9.95. The number of hydrogen-bond acceptors (Lipinski definition) is 8. The zero-order valence-corrected chi connectivity index (χ0v) is 22.5. The summed E-state index contributed by atoms with van der Waals surface area (Å²) < 4.78 is 0. The van der Waals surface area contributed by atoms with Gasteiger partial charge in [0.05, 0.1) is 48.9 Å². The molecule has 2 atom stereocenters. The van der Waals surface area contributed by atoms with Crippen LogP contribution in [-0.2, 0) is 16.1 Å². The van der Waals surface area contributed by atoms with Gasteiger partial charge in [-0.25, -0.2) is 9.59 Å². The number of aromatic carboxylic acids is 1. The van der Waals surface area contributed by atoms with E-state index in [1.54, 1.807) is 31.2 Å². The van der Waals surface area contributed by atoms with Crippen LogP contribution in [0.4, 0.5) is 10.5 Å². The summed E-state index contributed by atoms with van der Waals surface area (Å²) in [4.78, 5) is 49.4. The summed E-state index contributed by atoms with van der Waals surface area (Å²) in [7, 11) is 0. The highest BCUT2D eigenvalue weighted by atomic mass is 35.5. The molecule has 11 nitrogen and oxygen atoms in total. The summed E-state index contributed by atoms with van der Waals surface area (Å²) in [5.41, 5.74) is 10.3. The zero-order chi connectivity index (χ0) is 28.5. The van der Waals surface area contributed by atoms with E-state index in [1.807, 2.05) is 6.92 Å². The van der Waals surface area contributed by atoms with Crippen molar-refractivity contribution in [1.29, 1.82) is 5.26 Å². The molecule has 3 amide bonds. The van der Waals surface area contributed by atoms with Crippen LogP contribution in [0.2, 0.25) is 5.02 Å². The molecule has 12 heteroatoms. The number of nitriles is 1. The molecule has 0 aromatic heterocycles. The van der Waals surface area contributed by atoms with Crippen molar-refractivity contribution in [3.05, 3.63) is 63.7 Å². The molecule has 1 heterocycles. The van der Waals surface area contributed by atoms with Crippen molar-refractivity contribution in [3.63, 3.8) is 0 Å². The minimum absolute atomic E-state index is 0.0357. The average molecular weight is 555 g/mol. The van der Waals surface area contributed by atoms with Gasteiger partial charge < -0.3 is 16.2 Å². The Hall–Kier alpha value is -4.14. The molecule has 1 unspecified atom stereocenters. The number of hydrogen-bond donors (Lipinski definition) is 4. The number of carbonyl (C=O) groups is 3. The summed E-state index contributed by atoms with van der Waals surface area (Å²) in [5, 5.41) is 22.1. The fourth-order valence-corrected chi connectivity index (χ4v) is 4.47. The number of amides is 3. The van der Waals surface area contributed by atoms with E-state index in [4.69, 9.17) is 22.2 Å². The van der Waals surface area contributed by atoms with Crippen molar-refractivity contribution < 1.29 is 24.3 Å². The fourth-order valence-electron chi connectivity index (χ4n) is 4.28. The van der Waals surface area contributed by atoms with Gasteiger partial charge in [-0.05, 0) is 61.2 Å². The van der Waals surface area contributed by atoms with Gasteiger partial charge in [-0.3, -0.25) is 25.0 Å². The predicted molar refractivity (Wildman–Crippen MR) is 146 cm³/mol. The molecule has 0 spiro atoms. The molecule has 0 saturated carbocycles. The average Bonchev–Trinajstić information content (AvgIpc) is 3.05. The normalized spacial score (nSPS) is 16.1. The molecule has 0 radical (unpaired) electrons. The summed E-state index contributed by atoms with van der Waals surface area (Å²) >= 11 is 6.14. The molecule has 0 aliphatic carbocycles. The summed E-state index contributed by atoms with van der Waals surface area (Å²) in [6.45, 7) is 3.97. The quantitative estimate of drug-likeness (QED) is 0.268. The second-order valence-electron chi connectivity index (χ2n) is 9.00. The number of urea groups is 1. The first-order valence-electron chi connectivity index (χ1n) is 12.5. The molecule has 0 bridgehead atoms. The molecule has 206 valence electrons. The first-order valence-corrected chi connectivity index (χ1v) is 12.9. The zero-order valence-electron chi connectivity index (χ0n) is 21.7. The van der Waals surface area contributed by atoms with Crippen LogP contribution in [0.25, 0.3) is 0 Å². The van der Waals surface area contributed by atoms with Gasteiger partial charge in [0.25, 0.3) is 0 Å². The fraction of sp³-hybridized carbons (Fsp3) is 0.370. The molecule has 0 saturated heterocycles. The number of rotatable bonds is 9. The van der Waals surface area contributed by atoms with Crippen LogP contribution in [0.15, 0.2) is 41.4 Å². The van der Waals surface area contributed by atoms with E-state index in [1.165, 1.54) is 12.1 Å². The Balaban J connectivity index is 1.90. The van der Waals surface area contributed by atoms with Gasteiger partial charge in [-0.1, -0.05) is 31.0 Å². The lowest BCUT2D eigenvalue weighted by molar-refractivity contribution is -0.131. The van der Waals surface area contributed by atoms with Crippen LogP contribution in [0.3, 0.4) is 0 Å². The number of nitrogens with two attached hydrogens (primary N) is 1. The first kappa shape index (κ1) is 29.4. The Kier molecular flexibility index (Phi) is 10.3. The molecule has 1 aliphatic rings. The minimum Gasteiger partial charge on any atom is -0.478 e. The Morgan fingerprint density at radius 3 is 2.72 bits per heavy atom. The van der Waals surface area contributed by atoms with E-state index < -0.39 is 29.9 Å². The Bertz CT molecular complexity index is 1310. The number of carboxylic acids is 1. The monoisotopic (exact) mass is 554 g/mol. The molecule has 5 N–H and O–H groups in total. The Morgan fingerprint density at radius 1 is 1.31 bits per heavy atom. The SMILES string of the molecule is CCCC(NC(=O)N1CC(NOCC)=NC[C@@H](Cc2cc(Cl)ccc2C#N)C1=O)c1ccc(C(=O)O)c(N)c1. The molecular weight excluding hydrogens is 524 g/mol. The summed E-state index contributed by atoms with van der Waals surface area (Å²) in [6, 6.07) is 10.3. The second-order valence-corrected chi connectivity index (χ2v) is 9.44. The molecule has 2 aromatic carbocycles. The third kappa shape index (κ3) is 7.46. The first-order chi connectivity index (χ1) is 18.7. The van der Waals surface area contributed by atoms with Gasteiger partial charge in [0, 0.05) is 10.7 Å². The number of carbonyl (C=O) groups excluding carboxylic acids is 2. The lowest BCUT2D eigenvalue weighted by Crippen LogP contribution is -2.50. The maximum Gasteiger partial charge on any atom is 0.337 e. The van der Waals surface area contributed by atoms with Crippen molar-refractivity contribution >= 4 is 41.0 Å². The topological polar surface area (TPSA) is 170 Å². The highest BCUT2D eigenvalue weighted by molar-refractivity contribution is 6.30. The maximum atomic E-state index is 13.7.